The van der Waals surface area contributed by atoms with E-state index in [1.165, 1.54) is 13.8 Å². The molecule has 0 unspecified atom stereocenters. The lowest BCUT2D eigenvalue weighted by molar-refractivity contribution is -0.135. The molecule has 0 N–H and O–H groups in total. The van der Waals surface area contributed by atoms with E-state index in [-0.39, 0.29) is 18.0 Å². The summed E-state index contributed by atoms with van der Waals surface area (Å²) in [5.41, 5.74) is -0.936. The van der Waals surface area contributed by atoms with Crippen molar-refractivity contribution in [2.24, 2.45) is 0 Å². The molecule has 3 nitrogen and oxygen atoms in total. The van der Waals surface area contributed by atoms with Gasteiger partial charge in [0.15, 0.2) is 0 Å². The van der Waals surface area contributed by atoms with E-state index >= 15 is 0 Å². The number of halogens is 1. The van der Waals surface area contributed by atoms with Gasteiger partial charge in [0, 0.05) is 6.42 Å². The molecule has 0 aliphatic rings. The van der Waals surface area contributed by atoms with Crippen molar-refractivity contribution in [3.05, 3.63) is 35.9 Å². The van der Waals surface area contributed by atoms with E-state index in [9.17, 15) is 14.4 Å². The molecule has 4 heteroatoms. The Hall–Kier alpha value is -1.48. The largest absolute Gasteiger partial charge is 0.299 e. The predicted octanol–water partition coefficient (Wildman–Crippen LogP) is 2.26. The number of hydrogen-bond donors (Lipinski definition) is 0. The fourth-order valence-electron chi connectivity index (χ4n) is 1.94. The van der Waals surface area contributed by atoms with Gasteiger partial charge in [-0.05, 0) is 31.0 Å². The first-order valence-corrected chi connectivity index (χ1v) is 5.55. The van der Waals surface area contributed by atoms with Crippen LogP contribution in [0.1, 0.15) is 25.8 Å². The van der Waals surface area contributed by atoms with Crippen LogP contribution in [-0.4, -0.2) is 16.8 Å². The first kappa shape index (κ1) is 13.6. The topological polar surface area (TPSA) is 51.2 Å². The number of carbonyl (C=O) groups is 3. The Labute approximate surface area is 105 Å². The molecule has 1 rings (SSSR count). The zero-order valence-corrected chi connectivity index (χ0v) is 10.5. The van der Waals surface area contributed by atoms with Crippen molar-refractivity contribution < 1.29 is 14.4 Å². The molecule has 0 heterocycles. The highest BCUT2D eigenvalue weighted by molar-refractivity contribution is 6.64. The van der Waals surface area contributed by atoms with Gasteiger partial charge >= 0.3 is 0 Å². The second-order valence-corrected chi connectivity index (χ2v) is 4.34. The summed E-state index contributed by atoms with van der Waals surface area (Å²) < 4.78 is 0. The van der Waals surface area contributed by atoms with Crippen LogP contribution in [-0.2, 0) is 19.8 Å². The fraction of sp³-hybridized carbons (Fsp3) is 0.308. The number of Topliss-reactive ketones (excluding diaryl/α,β-unsaturated/α-hetero) is 2. The van der Waals surface area contributed by atoms with Crippen LogP contribution in [0.4, 0.5) is 0 Å². The second-order valence-electron chi connectivity index (χ2n) is 3.92. The third kappa shape index (κ3) is 2.61. The number of carbonyl (C=O) groups excluding carboxylic acids is 3. The minimum Gasteiger partial charge on any atom is -0.299 e. The van der Waals surface area contributed by atoms with Crippen LogP contribution in [0.3, 0.4) is 0 Å². The normalized spacial score (nSPS) is 11.0. The Balaban J connectivity index is 3.40. The van der Waals surface area contributed by atoms with Gasteiger partial charge in [0.2, 0.25) is 5.24 Å². The van der Waals surface area contributed by atoms with Crippen LogP contribution in [0.25, 0.3) is 0 Å². The van der Waals surface area contributed by atoms with E-state index in [2.05, 4.69) is 0 Å². The molecule has 0 saturated carbocycles. The molecule has 0 amide bonds. The maximum absolute atomic E-state index is 11.8. The first-order chi connectivity index (χ1) is 7.91. The van der Waals surface area contributed by atoms with Crippen LogP contribution in [0.15, 0.2) is 30.3 Å². The Morgan fingerprint density at radius 3 is 1.88 bits per heavy atom. The molecule has 0 atom stereocenters. The summed E-state index contributed by atoms with van der Waals surface area (Å²) in [6, 6.07) is 8.52. The molecular formula is C13H13ClO3. The van der Waals surface area contributed by atoms with Crippen molar-refractivity contribution in [3.63, 3.8) is 0 Å². The Morgan fingerprint density at radius 1 is 1.06 bits per heavy atom. The monoisotopic (exact) mass is 252 g/mol. The number of benzene rings is 1. The Bertz CT molecular complexity index is 437. The summed E-state index contributed by atoms with van der Waals surface area (Å²) in [7, 11) is 0. The van der Waals surface area contributed by atoms with Crippen molar-refractivity contribution in [3.8, 4) is 0 Å². The lowest BCUT2D eigenvalue weighted by Gasteiger charge is -2.27. The lowest BCUT2D eigenvalue weighted by Crippen LogP contribution is -2.42. The highest BCUT2D eigenvalue weighted by Gasteiger charge is 2.43. The molecule has 0 radical (unpaired) electrons. The van der Waals surface area contributed by atoms with Crippen molar-refractivity contribution in [1.29, 1.82) is 0 Å². The minimum atomic E-state index is -1.44. The van der Waals surface area contributed by atoms with E-state index in [1.54, 1.807) is 30.3 Å². The molecule has 1 aromatic carbocycles. The van der Waals surface area contributed by atoms with Gasteiger partial charge in [0.1, 0.15) is 17.0 Å². The SMILES string of the molecule is CC(=O)C(CC(=O)Cl)(C(C)=O)c1ccccc1. The van der Waals surface area contributed by atoms with Gasteiger partial charge in [-0.15, -0.1) is 0 Å². The maximum Gasteiger partial charge on any atom is 0.223 e. The van der Waals surface area contributed by atoms with E-state index in [4.69, 9.17) is 11.6 Å². The van der Waals surface area contributed by atoms with Crippen LogP contribution in [0.2, 0.25) is 0 Å². The van der Waals surface area contributed by atoms with E-state index in [1.807, 2.05) is 0 Å². The van der Waals surface area contributed by atoms with Crippen molar-refractivity contribution >= 4 is 28.4 Å². The van der Waals surface area contributed by atoms with Crippen LogP contribution < -0.4 is 0 Å². The van der Waals surface area contributed by atoms with Gasteiger partial charge < -0.3 is 0 Å². The Morgan fingerprint density at radius 2 is 1.53 bits per heavy atom. The fourth-order valence-corrected chi connectivity index (χ4v) is 2.14. The molecule has 0 aromatic heterocycles. The number of ketones is 2. The molecular weight excluding hydrogens is 240 g/mol. The van der Waals surface area contributed by atoms with Crippen molar-refractivity contribution in [2.45, 2.75) is 25.7 Å². The standard InChI is InChI=1S/C13H13ClO3/c1-9(15)13(10(2)16,8-12(14)17)11-6-4-3-5-7-11/h3-7H,8H2,1-2H3. The summed E-state index contributed by atoms with van der Waals surface area (Å²) in [5.74, 6) is -0.740. The third-order valence-corrected chi connectivity index (χ3v) is 3.01. The minimum absolute atomic E-state index is 0.302. The van der Waals surface area contributed by atoms with Gasteiger partial charge in [-0.1, -0.05) is 30.3 Å². The van der Waals surface area contributed by atoms with Gasteiger partial charge in [-0.25, -0.2) is 0 Å². The molecule has 90 valence electrons. The highest BCUT2D eigenvalue weighted by atomic mass is 35.5. The first-order valence-electron chi connectivity index (χ1n) is 5.17. The molecule has 0 saturated heterocycles. The van der Waals surface area contributed by atoms with E-state index in [0.717, 1.165) is 0 Å². The molecule has 0 spiro atoms. The van der Waals surface area contributed by atoms with E-state index < -0.39 is 10.7 Å². The van der Waals surface area contributed by atoms with Gasteiger partial charge in [-0.3, -0.25) is 14.4 Å². The van der Waals surface area contributed by atoms with Gasteiger partial charge in [0.05, 0.1) is 0 Å². The van der Waals surface area contributed by atoms with Crippen LogP contribution >= 0.6 is 11.6 Å². The molecule has 0 aliphatic heterocycles. The van der Waals surface area contributed by atoms with Crippen LogP contribution in [0, 0.1) is 0 Å². The van der Waals surface area contributed by atoms with E-state index in [0.29, 0.717) is 5.56 Å². The summed E-state index contributed by atoms with van der Waals surface area (Å²) in [5, 5.41) is -0.695. The third-order valence-electron chi connectivity index (χ3n) is 2.87. The smallest absolute Gasteiger partial charge is 0.223 e. The van der Waals surface area contributed by atoms with Gasteiger partial charge in [-0.2, -0.15) is 0 Å². The molecule has 0 fully saturated rings. The molecule has 17 heavy (non-hydrogen) atoms. The summed E-state index contributed by atoms with van der Waals surface area (Å²) >= 11 is 5.36. The maximum atomic E-state index is 11.8. The zero-order valence-electron chi connectivity index (χ0n) is 9.70. The quantitative estimate of drug-likeness (QED) is 0.597. The average Bonchev–Trinajstić information content (AvgIpc) is 2.25. The predicted molar refractivity (Wildman–Crippen MR) is 65.0 cm³/mol. The summed E-state index contributed by atoms with van der Waals surface area (Å²) in [4.78, 5) is 34.7. The summed E-state index contributed by atoms with van der Waals surface area (Å²) in [6.45, 7) is 2.60. The second kappa shape index (κ2) is 5.23. The average molecular weight is 253 g/mol. The lowest BCUT2D eigenvalue weighted by atomic mass is 9.72. The summed E-state index contributed by atoms with van der Waals surface area (Å²) in [6.07, 6.45) is -0.302. The molecule has 0 aliphatic carbocycles. The van der Waals surface area contributed by atoms with Gasteiger partial charge in [0.25, 0.3) is 0 Å². The van der Waals surface area contributed by atoms with Crippen LogP contribution in [0.5, 0.6) is 0 Å². The van der Waals surface area contributed by atoms with Crippen molar-refractivity contribution in [2.75, 3.05) is 0 Å². The van der Waals surface area contributed by atoms with Crippen molar-refractivity contribution in [1.82, 2.24) is 0 Å². The number of rotatable bonds is 5. The zero-order chi connectivity index (χ0) is 13.1. The molecule has 1 aromatic rings. The highest BCUT2D eigenvalue weighted by Crippen LogP contribution is 2.31. The molecule has 0 bridgehead atoms. The number of hydrogen-bond acceptors (Lipinski definition) is 3. The Kier molecular flexibility index (Phi) is 4.18.